The Labute approximate surface area is 97.0 Å². The number of hydrogen-bond acceptors (Lipinski definition) is 2. The molecular weight excluding hydrogens is 202 g/mol. The molecule has 1 aromatic heterocycles. The van der Waals surface area contributed by atoms with Crippen molar-refractivity contribution in [2.45, 2.75) is 40.7 Å². The maximum Gasteiger partial charge on any atom is 0.222 e. The molecule has 4 nitrogen and oxygen atoms in total. The summed E-state index contributed by atoms with van der Waals surface area (Å²) in [5.41, 5.74) is 3.40. The lowest BCUT2D eigenvalue weighted by Gasteiger charge is -2.06. The smallest absolute Gasteiger partial charge is 0.222 e. The number of rotatable bonds is 4. The summed E-state index contributed by atoms with van der Waals surface area (Å²) in [6.07, 6.45) is 0.951. The van der Waals surface area contributed by atoms with E-state index in [1.165, 1.54) is 11.3 Å². The van der Waals surface area contributed by atoms with E-state index in [2.05, 4.69) is 24.3 Å². The molecule has 0 radical (unpaired) electrons. The van der Waals surface area contributed by atoms with Crippen molar-refractivity contribution in [3.05, 3.63) is 17.0 Å². The molecule has 0 aliphatic rings. The van der Waals surface area contributed by atoms with Crippen molar-refractivity contribution in [3.8, 4) is 0 Å². The fraction of sp³-hybridized carbons (Fsp3) is 0.667. The highest BCUT2D eigenvalue weighted by Crippen LogP contribution is 2.13. The second-order valence-corrected chi connectivity index (χ2v) is 4.36. The van der Waals surface area contributed by atoms with Gasteiger partial charge in [0, 0.05) is 18.7 Å². The zero-order valence-electron chi connectivity index (χ0n) is 10.8. The average Bonchev–Trinajstić information content (AvgIpc) is 2.51. The van der Waals surface area contributed by atoms with Crippen LogP contribution in [0.1, 0.15) is 37.7 Å². The van der Waals surface area contributed by atoms with Gasteiger partial charge >= 0.3 is 0 Å². The van der Waals surface area contributed by atoms with Crippen LogP contribution in [0.25, 0.3) is 0 Å². The molecule has 0 atom stereocenters. The Morgan fingerprint density at radius 2 is 2.12 bits per heavy atom. The maximum atomic E-state index is 11.5. The molecule has 1 aromatic rings. The SMILES string of the molecule is CCc1c(CNC(=O)C(C)C)nn(C)c1C. The molecule has 90 valence electrons. The Kier molecular flexibility index (Phi) is 4.10. The quantitative estimate of drug-likeness (QED) is 0.842. The van der Waals surface area contributed by atoms with E-state index in [9.17, 15) is 4.79 Å². The largest absolute Gasteiger partial charge is 0.350 e. The van der Waals surface area contributed by atoms with Crippen molar-refractivity contribution in [1.82, 2.24) is 15.1 Å². The summed E-state index contributed by atoms with van der Waals surface area (Å²) in [6, 6.07) is 0. The van der Waals surface area contributed by atoms with E-state index in [1.807, 2.05) is 25.6 Å². The third-order valence-electron chi connectivity index (χ3n) is 2.85. The van der Waals surface area contributed by atoms with E-state index in [1.54, 1.807) is 0 Å². The maximum absolute atomic E-state index is 11.5. The molecule has 0 bridgehead atoms. The lowest BCUT2D eigenvalue weighted by atomic mass is 10.1. The van der Waals surface area contributed by atoms with Crippen LogP contribution >= 0.6 is 0 Å². The van der Waals surface area contributed by atoms with Crippen molar-refractivity contribution in [2.24, 2.45) is 13.0 Å². The van der Waals surface area contributed by atoms with Gasteiger partial charge in [0.15, 0.2) is 0 Å². The molecular formula is C12H21N3O. The van der Waals surface area contributed by atoms with Crippen LogP contribution in [-0.4, -0.2) is 15.7 Å². The molecule has 0 spiro atoms. The van der Waals surface area contributed by atoms with Crippen molar-refractivity contribution in [1.29, 1.82) is 0 Å². The molecule has 0 fully saturated rings. The first kappa shape index (κ1) is 12.7. The molecule has 0 saturated heterocycles. The van der Waals surface area contributed by atoms with Crippen molar-refractivity contribution in [2.75, 3.05) is 0 Å². The van der Waals surface area contributed by atoms with Crippen molar-refractivity contribution in [3.63, 3.8) is 0 Å². The van der Waals surface area contributed by atoms with E-state index < -0.39 is 0 Å². The van der Waals surface area contributed by atoms with Crippen LogP contribution in [0.4, 0.5) is 0 Å². The summed E-state index contributed by atoms with van der Waals surface area (Å²) >= 11 is 0. The number of amides is 1. The fourth-order valence-corrected chi connectivity index (χ4v) is 1.70. The number of carbonyl (C=O) groups is 1. The normalized spacial score (nSPS) is 10.9. The van der Waals surface area contributed by atoms with Gasteiger partial charge in [0.1, 0.15) is 0 Å². The van der Waals surface area contributed by atoms with Gasteiger partial charge in [0.2, 0.25) is 5.91 Å². The van der Waals surface area contributed by atoms with Gasteiger partial charge in [-0.1, -0.05) is 20.8 Å². The first-order chi connectivity index (χ1) is 7.47. The molecule has 0 aliphatic heterocycles. The lowest BCUT2D eigenvalue weighted by Crippen LogP contribution is -2.27. The summed E-state index contributed by atoms with van der Waals surface area (Å²) in [7, 11) is 1.93. The topological polar surface area (TPSA) is 46.9 Å². The minimum Gasteiger partial charge on any atom is -0.350 e. The Bertz CT molecular complexity index is 380. The Hall–Kier alpha value is -1.32. The van der Waals surface area contributed by atoms with Crippen LogP contribution in [0.5, 0.6) is 0 Å². The standard InChI is InChI=1S/C12H21N3O/c1-6-10-9(4)15(5)14-11(10)7-13-12(16)8(2)3/h8H,6-7H2,1-5H3,(H,13,16). The summed E-state index contributed by atoms with van der Waals surface area (Å²) in [5, 5.41) is 7.31. The lowest BCUT2D eigenvalue weighted by molar-refractivity contribution is -0.124. The highest BCUT2D eigenvalue weighted by Gasteiger charge is 2.13. The Balaban J connectivity index is 2.74. The molecule has 1 rings (SSSR count). The van der Waals surface area contributed by atoms with Crippen LogP contribution in [0.2, 0.25) is 0 Å². The van der Waals surface area contributed by atoms with Gasteiger partial charge in [-0.05, 0) is 18.9 Å². The Morgan fingerprint density at radius 1 is 1.50 bits per heavy atom. The van der Waals surface area contributed by atoms with Crippen molar-refractivity contribution < 1.29 is 4.79 Å². The number of hydrogen-bond donors (Lipinski definition) is 1. The van der Waals surface area contributed by atoms with E-state index in [4.69, 9.17) is 0 Å². The van der Waals surface area contributed by atoms with Crippen LogP contribution in [0.3, 0.4) is 0 Å². The van der Waals surface area contributed by atoms with Gasteiger partial charge in [0.05, 0.1) is 12.2 Å². The number of carbonyl (C=O) groups excluding carboxylic acids is 1. The summed E-state index contributed by atoms with van der Waals surface area (Å²) in [5.74, 6) is 0.0974. The van der Waals surface area contributed by atoms with E-state index in [-0.39, 0.29) is 11.8 Å². The zero-order valence-corrected chi connectivity index (χ0v) is 10.8. The van der Waals surface area contributed by atoms with Gasteiger partial charge < -0.3 is 5.32 Å². The molecule has 0 saturated carbocycles. The van der Waals surface area contributed by atoms with Gasteiger partial charge in [0.25, 0.3) is 0 Å². The van der Waals surface area contributed by atoms with E-state index in [0.29, 0.717) is 6.54 Å². The minimum atomic E-state index is 0.0230. The van der Waals surface area contributed by atoms with Crippen molar-refractivity contribution >= 4 is 5.91 Å². The molecule has 16 heavy (non-hydrogen) atoms. The van der Waals surface area contributed by atoms with E-state index in [0.717, 1.165) is 12.1 Å². The summed E-state index contributed by atoms with van der Waals surface area (Å²) in [6.45, 7) is 8.47. The van der Waals surface area contributed by atoms with Crippen LogP contribution in [0, 0.1) is 12.8 Å². The summed E-state index contributed by atoms with van der Waals surface area (Å²) < 4.78 is 1.87. The second-order valence-electron chi connectivity index (χ2n) is 4.36. The van der Waals surface area contributed by atoms with Gasteiger partial charge in [-0.3, -0.25) is 9.48 Å². The highest BCUT2D eigenvalue weighted by atomic mass is 16.1. The number of nitrogens with zero attached hydrogens (tertiary/aromatic N) is 2. The fourth-order valence-electron chi connectivity index (χ4n) is 1.70. The Morgan fingerprint density at radius 3 is 2.62 bits per heavy atom. The third-order valence-corrected chi connectivity index (χ3v) is 2.85. The number of aromatic nitrogens is 2. The second kappa shape index (κ2) is 5.14. The number of nitrogens with one attached hydrogen (secondary N) is 1. The van der Waals surface area contributed by atoms with Gasteiger partial charge in [-0.2, -0.15) is 5.10 Å². The monoisotopic (exact) mass is 223 g/mol. The number of aryl methyl sites for hydroxylation is 1. The summed E-state index contributed by atoms with van der Waals surface area (Å²) in [4.78, 5) is 11.5. The minimum absolute atomic E-state index is 0.0230. The molecule has 1 amide bonds. The first-order valence-electron chi connectivity index (χ1n) is 5.76. The predicted octanol–water partition coefficient (Wildman–Crippen LogP) is 1.56. The third kappa shape index (κ3) is 2.62. The van der Waals surface area contributed by atoms with Gasteiger partial charge in [-0.25, -0.2) is 0 Å². The molecule has 4 heteroatoms. The highest BCUT2D eigenvalue weighted by molar-refractivity contribution is 5.77. The molecule has 1 heterocycles. The van der Waals surface area contributed by atoms with Crippen LogP contribution < -0.4 is 5.32 Å². The van der Waals surface area contributed by atoms with Crippen LogP contribution in [-0.2, 0) is 24.8 Å². The molecule has 0 aliphatic carbocycles. The molecule has 0 aromatic carbocycles. The predicted molar refractivity (Wildman–Crippen MR) is 64.0 cm³/mol. The average molecular weight is 223 g/mol. The first-order valence-corrected chi connectivity index (χ1v) is 5.76. The zero-order chi connectivity index (χ0) is 12.3. The molecule has 1 N–H and O–H groups in total. The van der Waals surface area contributed by atoms with Gasteiger partial charge in [-0.15, -0.1) is 0 Å². The molecule has 0 unspecified atom stereocenters. The van der Waals surface area contributed by atoms with Crippen LogP contribution in [0.15, 0.2) is 0 Å². The van der Waals surface area contributed by atoms with E-state index >= 15 is 0 Å².